The molecule has 0 spiro atoms. The van der Waals surface area contributed by atoms with E-state index in [-0.39, 0.29) is 12.3 Å². The van der Waals surface area contributed by atoms with Gasteiger partial charge < -0.3 is 10.3 Å². The maximum absolute atomic E-state index is 13.1. The van der Waals surface area contributed by atoms with E-state index >= 15 is 0 Å². The maximum atomic E-state index is 13.1. The van der Waals surface area contributed by atoms with Crippen LogP contribution in [-0.2, 0) is 6.54 Å². The minimum Gasteiger partial charge on any atom is -0.350 e. The van der Waals surface area contributed by atoms with Gasteiger partial charge in [-0.2, -0.15) is 5.10 Å². The van der Waals surface area contributed by atoms with Crippen molar-refractivity contribution in [1.82, 2.24) is 9.99 Å². The Kier molecular flexibility index (Phi) is 5.82. The first-order chi connectivity index (χ1) is 15.0. The van der Waals surface area contributed by atoms with Gasteiger partial charge in [0.25, 0.3) is 0 Å². The molecule has 154 valence electrons. The molecule has 6 nitrogen and oxygen atoms in total. The van der Waals surface area contributed by atoms with Crippen LogP contribution in [0.1, 0.15) is 15.9 Å². The molecule has 0 fully saturated rings. The molecule has 0 bridgehead atoms. The summed E-state index contributed by atoms with van der Waals surface area (Å²) in [6.45, 7) is 0.128. The van der Waals surface area contributed by atoms with Gasteiger partial charge in [-0.25, -0.2) is 10.2 Å². The molecule has 3 aromatic carbocycles. The zero-order chi connectivity index (χ0) is 21.8. The van der Waals surface area contributed by atoms with Crippen LogP contribution in [0.4, 0.5) is 4.79 Å². The standard InChI is InChI=1S/C24H19ClN4O2/c25-18-12-10-16(11-13-18)22(30)15-29-21-9-5-4-8-19(21)20(14-27-28-24(26)31)23(29)17-6-2-1-3-7-17/h1-14H,15H2,(H3,26,28,31)/b27-14+. The third-order valence-corrected chi connectivity index (χ3v) is 5.15. The number of hydrogen-bond acceptors (Lipinski definition) is 3. The number of carbonyl (C=O) groups excluding carboxylic acids is 2. The highest BCUT2D eigenvalue weighted by Gasteiger charge is 2.20. The highest BCUT2D eigenvalue weighted by atomic mass is 35.5. The molecule has 0 saturated heterocycles. The van der Waals surface area contributed by atoms with E-state index in [0.29, 0.717) is 10.6 Å². The lowest BCUT2D eigenvalue weighted by atomic mass is 10.1. The van der Waals surface area contributed by atoms with Crippen molar-refractivity contribution in [3.63, 3.8) is 0 Å². The van der Waals surface area contributed by atoms with Gasteiger partial charge in [0.05, 0.1) is 18.5 Å². The van der Waals surface area contributed by atoms with Crippen LogP contribution in [0, 0.1) is 0 Å². The predicted octanol–water partition coefficient (Wildman–Crippen LogP) is 4.85. The third kappa shape index (κ3) is 4.34. The van der Waals surface area contributed by atoms with Crippen molar-refractivity contribution >= 4 is 40.5 Å². The molecule has 2 amide bonds. The number of amides is 2. The van der Waals surface area contributed by atoms with Gasteiger partial charge in [0.2, 0.25) is 0 Å². The quantitative estimate of drug-likeness (QED) is 0.260. The van der Waals surface area contributed by atoms with Crippen molar-refractivity contribution in [2.45, 2.75) is 6.54 Å². The first-order valence-corrected chi connectivity index (χ1v) is 9.96. The van der Waals surface area contributed by atoms with Crippen LogP contribution in [0.25, 0.3) is 22.2 Å². The zero-order valence-corrected chi connectivity index (χ0v) is 17.2. The molecule has 0 aliphatic heterocycles. The Bertz CT molecular complexity index is 1280. The van der Waals surface area contributed by atoms with Gasteiger partial charge in [0, 0.05) is 27.1 Å². The van der Waals surface area contributed by atoms with Crippen LogP contribution in [0.2, 0.25) is 5.02 Å². The number of primary amides is 1. The molecule has 7 heteroatoms. The van der Waals surface area contributed by atoms with Gasteiger partial charge in [0.1, 0.15) is 0 Å². The largest absolute Gasteiger partial charge is 0.350 e. The molecule has 0 saturated carbocycles. The summed E-state index contributed by atoms with van der Waals surface area (Å²) in [5, 5.41) is 5.46. The predicted molar refractivity (Wildman–Crippen MR) is 123 cm³/mol. The summed E-state index contributed by atoms with van der Waals surface area (Å²) in [6, 6.07) is 23.6. The second-order valence-electron chi connectivity index (χ2n) is 6.90. The number of carbonyl (C=O) groups is 2. The first kappa shape index (κ1) is 20.4. The summed E-state index contributed by atoms with van der Waals surface area (Å²) in [5.41, 5.74) is 11.3. The Morgan fingerprint density at radius 3 is 2.35 bits per heavy atom. The average Bonchev–Trinajstić information content (AvgIpc) is 3.08. The summed E-state index contributed by atoms with van der Waals surface area (Å²) < 4.78 is 1.97. The van der Waals surface area contributed by atoms with E-state index < -0.39 is 6.03 Å². The molecule has 0 atom stereocenters. The van der Waals surface area contributed by atoms with Gasteiger partial charge in [-0.3, -0.25) is 4.79 Å². The summed E-state index contributed by atoms with van der Waals surface area (Å²) in [4.78, 5) is 24.2. The van der Waals surface area contributed by atoms with Crippen molar-refractivity contribution in [1.29, 1.82) is 0 Å². The molecule has 4 aromatic rings. The highest BCUT2D eigenvalue weighted by Crippen LogP contribution is 2.33. The fourth-order valence-corrected chi connectivity index (χ4v) is 3.69. The Hall–Kier alpha value is -3.90. The second kappa shape index (κ2) is 8.85. The number of hydrogen-bond donors (Lipinski definition) is 2. The minimum absolute atomic E-state index is 0.0478. The van der Waals surface area contributed by atoms with Crippen molar-refractivity contribution < 1.29 is 9.59 Å². The van der Waals surface area contributed by atoms with Crippen LogP contribution < -0.4 is 11.2 Å². The Morgan fingerprint density at radius 1 is 0.968 bits per heavy atom. The summed E-state index contributed by atoms with van der Waals surface area (Å²) in [5.74, 6) is -0.0478. The van der Waals surface area contributed by atoms with Crippen LogP contribution in [0.5, 0.6) is 0 Å². The van der Waals surface area contributed by atoms with Crippen molar-refractivity contribution in [3.8, 4) is 11.3 Å². The number of benzene rings is 3. The lowest BCUT2D eigenvalue weighted by Gasteiger charge is -2.12. The van der Waals surface area contributed by atoms with E-state index in [1.54, 1.807) is 30.5 Å². The average molecular weight is 431 g/mol. The van der Waals surface area contributed by atoms with Gasteiger partial charge in [-0.15, -0.1) is 0 Å². The Morgan fingerprint density at radius 2 is 1.65 bits per heavy atom. The molecule has 0 radical (unpaired) electrons. The number of ketones is 1. The SMILES string of the molecule is NC(=O)N/N=C/c1c(-c2ccccc2)n(CC(=O)c2ccc(Cl)cc2)c2ccccc12. The van der Waals surface area contributed by atoms with Crippen LogP contribution in [0.3, 0.4) is 0 Å². The number of nitrogens with two attached hydrogens (primary N) is 1. The molecule has 3 N–H and O–H groups in total. The van der Waals surface area contributed by atoms with Crippen molar-refractivity contribution in [2.75, 3.05) is 0 Å². The number of Topliss-reactive ketones (excluding diaryl/α,β-unsaturated/α-hetero) is 1. The number of halogens is 1. The van der Waals surface area contributed by atoms with Crippen LogP contribution in [-0.4, -0.2) is 22.6 Å². The lowest BCUT2D eigenvalue weighted by Crippen LogP contribution is -2.24. The molecular weight excluding hydrogens is 412 g/mol. The number of hydrazone groups is 1. The monoisotopic (exact) mass is 430 g/mol. The number of urea groups is 1. The first-order valence-electron chi connectivity index (χ1n) is 9.58. The fourth-order valence-electron chi connectivity index (χ4n) is 3.56. The third-order valence-electron chi connectivity index (χ3n) is 4.89. The zero-order valence-electron chi connectivity index (χ0n) is 16.5. The van der Waals surface area contributed by atoms with E-state index in [4.69, 9.17) is 17.3 Å². The molecule has 1 heterocycles. The van der Waals surface area contributed by atoms with E-state index in [9.17, 15) is 9.59 Å². The summed E-state index contributed by atoms with van der Waals surface area (Å²) in [6.07, 6.45) is 1.55. The highest BCUT2D eigenvalue weighted by molar-refractivity contribution is 6.30. The molecule has 4 rings (SSSR count). The maximum Gasteiger partial charge on any atom is 0.332 e. The molecule has 1 aromatic heterocycles. The van der Waals surface area contributed by atoms with Crippen LogP contribution >= 0.6 is 11.6 Å². The van der Waals surface area contributed by atoms with Crippen molar-refractivity contribution in [3.05, 3.63) is 95.0 Å². The topological polar surface area (TPSA) is 89.5 Å². The number of nitrogens with one attached hydrogen (secondary N) is 1. The Balaban J connectivity index is 1.89. The molecule has 0 aliphatic carbocycles. The number of nitrogens with zero attached hydrogens (tertiary/aromatic N) is 2. The van der Waals surface area contributed by atoms with E-state index in [0.717, 1.165) is 27.7 Å². The van der Waals surface area contributed by atoms with E-state index in [1.807, 2.05) is 59.2 Å². The normalized spacial score (nSPS) is 11.1. The number of rotatable bonds is 6. The van der Waals surface area contributed by atoms with Gasteiger partial charge >= 0.3 is 6.03 Å². The summed E-state index contributed by atoms with van der Waals surface area (Å²) >= 11 is 5.96. The fraction of sp³-hybridized carbons (Fsp3) is 0.0417. The number of aromatic nitrogens is 1. The molecule has 0 aliphatic rings. The second-order valence-corrected chi connectivity index (χ2v) is 7.33. The van der Waals surface area contributed by atoms with Crippen molar-refractivity contribution in [2.24, 2.45) is 10.8 Å². The smallest absolute Gasteiger partial charge is 0.332 e. The van der Waals surface area contributed by atoms with Gasteiger partial charge in [-0.1, -0.05) is 60.1 Å². The van der Waals surface area contributed by atoms with Crippen LogP contribution in [0.15, 0.2) is 84.0 Å². The number of para-hydroxylation sites is 1. The van der Waals surface area contributed by atoms with E-state index in [2.05, 4.69) is 10.5 Å². The molecule has 0 unspecified atom stereocenters. The van der Waals surface area contributed by atoms with Gasteiger partial charge in [-0.05, 0) is 35.9 Å². The minimum atomic E-state index is -0.751. The summed E-state index contributed by atoms with van der Waals surface area (Å²) in [7, 11) is 0. The molecular formula is C24H19ClN4O2. The molecule has 31 heavy (non-hydrogen) atoms. The number of fused-ring (bicyclic) bond motifs is 1. The van der Waals surface area contributed by atoms with Gasteiger partial charge in [0.15, 0.2) is 5.78 Å². The lowest BCUT2D eigenvalue weighted by molar-refractivity contribution is 0.0974. The van der Waals surface area contributed by atoms with E-state index in [1.165, 1.54) is 0 Å². The Labute approximate surface area is 183 Å².